The van der Waals surface area contributed by atoms with Gasteiger partial charge in [0.1, 0.15) is 11.6 Å². The third kappa shape index (κ3) is 2.28. The van der Waals surface area contributed by atoms with E-state index < -0.39 is 17.9 Å². The molecule has 2 atom stereocenters. The van der Waals surface area contributed by atoms with Gasteiger partial charge < -0.3 is 15.2 Å². The zero-order valence-corrected chi connectivity index (χ0v) is 9.29. The Morgan fingerprint density at radius 3 is 2.94 bits per heavy atom. The number of hydrogen-bond acceptors (Lipinski definition) is 4. The van der Waals surface area contributed by atoms with Gasteiger partial charge in [0.15, 0.2) is 0 Å². The van der Waals surface area contributed by atoms with Gasteiger partial charge >= 0.3 is 5.97 Å². The molecule has 2 rings (SSSR count). The molecule has 0 aliphatic carbocycles. The highest BCUT2D eigenvalue weighted by molar-refractivity contribution is 5.93. The second kappa shape index (κ2) is 4.54. The molecule has 2 N–H and O–H groups in total. The number of hydrogen-bond donors (Lipinski definition) is 2. The Bertz CT molecular complexity index is 443. The fourth-order valence-corrected chi connectivity index (χ4v) is 1.78. The third-order valence-electron chi connectivity index (χ3n) is 2.77. The lowest BCUT2D eigenvalue weighted by Crippen LogP contribution is -2.43. The Labute approximate surface area is 97.4 Å². The Balaban J connectivity index is 2.04. The van der Waals surface area contributed by atoms with E-state index in [0.29, 0.717) is 5.69 Å². The topological polar surface area (TPSA) is 93.5 Å². The van der Waals surface area contributed by atoms with E-state index in [-0.39, 0.29) is 19.1 Å². The minimum atomic E-state index is -0.960. The summed E-state index contributed by atoms with van der Waals surface area (Å²) in [5.74, 6) is -1.99. The molecule has 0 spiro atoms. The van der Waals surface area contributed by atoms with Crippen LogP contribution in [-0.2, 0) is 16.6 Å². The molecule has 7 heteroatoms. The predicted octanol–water partition coefficient (Wildman–Crippen LogP) is -0.750. The normalized spacial score (nSPS) is 23.6. The summed E-state index contributed by atoms with van der Waals surface area (Å²) in [4.78, 5) is 22.7. The number of aliphatic carboxylic acids is 1. The number of carboxylic acids is 1. The van der Waals surface area contributed by atoms with Crippen LogP contribution in [0, 0.1) is 5.92 Å². The first kappa shape index (κ1) is 11.6. The van der Waals surface area contributed by atoms with Crippen molar-refractivity contribution in [3.8, 4) is 0 Å². The van der Waals surface area contributed by atoms with Crippen LogP contribution in [0.2, 0.25) is 0 Å². The number of aromatic nitrogens is 2. The van der Waals surface area contributed by atoms with Crippen LogP contribution in [0.25, 0.3) is 0 Å². The van der Waals surface area contributed by atoms with Crippen LogP contribution in [0.3, 0.4) is 0 Å². The molecule has 0 aromatic carbocycles. The zero-order valence-electron chi connectivity index (χ0n) is 9.29. The van der Waals surface area contributed by atoms with Crippen LogP contribution in [-0.4, -0.2) is 46.0 Å². The fourth-order valence-electron chi connectivity index (χ4n) is 1.78. The van der Waals surface area contributed by atoms with Crippen LogP contribution in [0.4, 0.5) is 0 Å². The first-order chi connectivity index (χ1) is 8.09. The summed E-state index contributed by atoms with van der Waals surface area (Å²) in [6.07, 6.45) is 1.51. The van der Waals surface area contributed by atoms with Crippen molar-refractivity contribution in [1.82, 2.24) is 15.1 Å². The largest absolute Gasteiger partial charge is 0.481 e. The summed E-state index contributed by atoms with van der Waals surface area (Å²) in [5, 5.41) is 15.5. The Morgan fingerprint density at radius 2 is 2.35 bits per heavy atom. The van der Waals surface area contributed by atoms with Crippen molar-refractivity contribution in [2.24, 2.45) is 13.0 Å². The van der Waals surface area contributed by atoms with Crippen molar-refractivity contribution in [3.05, 3.63) is 18.0 Å². The van der Waals surface area contributed by atoms with Gasteiger partial charge in [0, 0.05) is 13.2 Å². The number of nitrogens with zero attached hydrogens (tertiary/aromatic N) is 2. The molecule has 1 aromatic heterocycles. The van der Waals surface area contributed by atoms with Gasteiger partial charge in [0.25, 0.3) is 5.91 Å². The van der Waals surface area contributed by atoms with E-state index in [0.717, 1.165) is 0 Å². The molecule has 2 heterocycles. The molecule has 92 valence electrons. The molecular formula is C10H13N3O4. The average molecular weight is 239 g/mol. The molecule has 0 saturated carbocycles. The van der Waals surface area contributed by atoms with Crippen LogP contribution in [0.5, 0.6) is 0 Å². The summed E-state index contributed by atoms with van der Waals surface area (Å²) >= 11 is 0. The van der Waals surface area contributed by atoms with Crippen molar-refractivity contribution in [1.29, 1.82) is 0 Å². The maximum atomic E-state index is 11.8. The number of carbonyl (C=O) groups excluding carboxylic acids is 1. The molecule has 0 bridgehead atoms. The molecular weight excluding hydrogens is 226 g/mol. The lowest BCUT2D eigenvalue weighted by Gasteiger charge is -2.15. The Morgan fingerprint density at radius 1 is 1.59 bits per heavy atom. The molecule has 7 nitrogen and oxygen atoms in total. The smallest absolute Gasteiger partial charge is 0.311 e. The number of amides is 1. The van der Waals surface area contributed by atoms with Crippen LogP contribution >= 0.6 is 0 Å². The number of ether oxygens (including phenoxy) is 1. The van der Waals surface area contributed by atoms with Crippen molar-refractivity contribution < 1.29 is 19.4 Å². The predicted molar refractivity (Wildman–Crippen MR) is 56.4 cm³/mol. The number of rotatable bonds is 3. The molecule has 1 aliphatic rings. The van der Waals surface area contributed by atoms with Gasteiger partial charge in [-0.05, 0) is 6.07 Å². The molecule has 2 unspecified atom stereocenters. The highest BCUT2D eigenvalue weighted by Crippen LogP contribution is 2.14. The van der Waals surface area contributed by atoms with Gasteiger partial charge in [-0.25, -0.2) is 0 Å². The van der Waals surface area contributed by atoms with Crippen LogP contribution < -0.4 is 5.32 Å². The first-order valence-electron chi connectivity index (χ1n) is 5.19. The van der Waals surface area contributed by atoms with Crippen molar-refractivity contribution in [3.63, 3.8) is 0 Å². The molecule has 1 amide bonds. The fraction of sp³-hybridized carbons (Fsp3) is 0.500. The summed E-state index contributed by atoms with van der Waals surface area (Å²) in [7, 11) is 1.65. The molecule has 0 radical (unpaired) electrons. The lowest BCUT2D eigenvalue weighted by atomic mass is 10.0. The first-order valence-corrected chi connectivity index (χ1v) is 5.19. The molecule has 1 aliphatic heterocycles. The quantitative estimate of drug-likeness (QED) is 0.723. The van der Waals surface area contributed by atoms with Gasteiger partial charge in [0.05, 0.1) is 19.3 Å². The van der Waals surface area contributed by atoms with E-state index in [4.69, 9.17) is 9.84 Å². The van der Waals surface area contributed by atoms with Gasteiger partial charge in [-0.2, -0.15) is 5.10 Å². The van der Waals surface area contributed by atoms with Gasteiger partial charge in [-0.3, -0.25) is 14.3 Å². The second-order valence-electron chi connectivity index (χ2n) is 3.90. The maximum Gasteiger partial charge on any atom is 0.311 e. The van der Waals surface area contributed by atoms with Gasteiger partial charge in [0.2, 0.25) is 0 Å². The van der Waals surface area contributed by atoms with E-state index in [9.17, 15) is 9.59 Å². The third-order valence-corrected chi connectivity index (χ3v) is 2.77. The van der Waals surface area contributed by atoms with E-state index >= 15 is 0 Å². The SMILES string of the molecule is Cn1nccc1C(=O)NC1COCC1C(=O)O. The summed E-state index contributed by atoms with van der Waals surface area (Å²) in [6, 6.07) is 1.08. The van der Waals surface area contributed by atoms with Crippen molar-refractivity contribution in [2.75, 3.05) is 13.2 Å². The van der Waals surface area contributed by atoms with Gasteiger partial charge in [-0.1, -0.05) is 0 Å². The van der Waals surface area contributed by atoms with E-state index in [2.05, 4.69) is 10.4 Å². The Kier molecular flexibility index (Phi) is 3.10. The van der Waals surface area contributed by atoms with E-state index in [1.165, 1.54) is 10.9 Å². The van der Waals surface area contributed by atoms with E-state index in [1.807, 2.05) is 0 Å². The standard InChI is InChI=1S/C10H13N3O4/c1-13-8(2-3-11-13)9(14)12-7-5-17-4-6(7)10(15)16/h2-3,6-7H,4-5H2,1H3,(H,12,14)(H,15,16). The molecule has 1 aromatic rings. The van der Waals surface area contributed by atoms with Crippen molar-refractivity contribution in [2.45, 2.75) is 6.04 Å². The van der Waals surface area contributed by atoms with Gasteiger partial charge in [-0.15, -0.1) is 0 Å². The molecule has 1 saturated heterocycles. The average Bonchev–Trinajstić information content (AvgIpc) is 2.86. The highest BCUT2D eigenvalue weighted by atomic mass is 16.5. The number of carbonyl (C=O) groups is 2. The van der Waals surface area contributed by atoms with Crippen LogP contribution in [0.15, 0.2) is 12.3 Å². The van der Waals surface area contributed by atoms with Crippen LogP contribution in [0.1, 0.15) is 10.5 Å². The van der Waals surface area contributed by atoms with Crippen molar-refractivity contribution >= 4 is 11.9 Å². The Hall–Kier alpha value is -1.89. The monoisotopic (exact) mass is 239 g/mol. The van der Waals surface area contributed by atoms with E-state index in [1.54, 1.807) is 13.1 Å². The number of carboxylic acid groups (broad SMARTS) is 1. The minimum Gasteiger partial charge on any atom is -0.481 e. The minimum absolute atomic E-state index is 0.131. The summed E-state index contributed by atoms with van der Waals surface area (Å²) < 4.78 is 6.49. The zero-order chi connectivity index (χ0) is 12.4. The second-order valence-corrected chi connectivity index (χ2v) is 3.90. The lowest BCUT2D eigenvalue weighted by molar-refractivity contribution is -0.142. The summed E-state index contributed by atoms with van der Waals surface area (Å²) in [5.41, 5.74) is 0.390. The maximum absolute atomic E-state index is 11.8. The molecule has 17 heavy (non-hydrogen) atoms. The number of nitrogens with one attached hydrogen (secondary N) is 1. The highest BCUT2D eigenvalue weighted by Gasteiger charge is 2.35. The summed E-state index contributed by atoms with van der Waals surface area (Å²) in [6.45, 7) is 0.353. The molecule has 1 fully saturated rings. The number of aryl methyl sites for hydroxylation is 1.